The first-order valence-corrected chi connectivity index (χ1v) is 3.93. The molecule has 0 aliphatic carbocycles. The third-order valence-electron chi connectivity index (χ3n) is 1.55. The third kappa shape index (κ3) is 0.922. The Kier molecular flexibility index (Phi) is 1.39. The fourth-order valence-corrected chi connectivity index (χ4v) is 1.45. The lowest BCUT2D eigenvalue weighted by atomic mass is 10.2. The van der Waals surface area contributed by atoms with Crippen LogP contribution in [0.4, 0.5) is 0 Å². The van der Waals surface area contributed by atoms with Crippen molar-refractivity contribution in [1.82, 2.24) is 0 Å². The number of phenolic OH excluding ortho intramolecular Hbond substituents is 1. The number of halogens is 1. The second kappa shape index (κ2) is 2.27. The van der Waals surface area contributed by atoms with Crippen LogP contribution in [-0.2, 0) is 0 Å². The van der Waals surface area contributed by atoms with Crippen LogP contribution < -0.4 is 0 Å². The smallest absolute Gasteiger partial charge is 0.151 e. The number of fused-ring (bicyclic) bond motifs is 1. The van der Waals surface area contributed by atoms with Gasteiger partial charge >= 0.3 is 0 Å². The van der Waals surface area contributed by atoms with E-state index in [1.807, 2.05) is 0 Å². The van der Waals surface area contributed by atoms with E-state index in [4.69, 9.17) is 4.42 Å². The summed E-state index contributed by atoms with van der Waals surface area (Å²) in [6.07, 6.45) is 1.55. The SMILES string of the molecule is Oc1ccc(Br)c2occc12. The third-order valence-corrected chi connectivity index (χ3v) is 2.17. The minimum Gasteiger partial charge on any atom is -0.507 e. The summed E-state index contributed by atoms with van der Waals surface area (Å²) >= 11 is 3.31. The molecule has 3 heteroatoms. The molecule has 1 aromatic heterocycles. The van der Waals surface area contributed by atoms with Gasteiger partial charge in [0.25, 0.3) is 0 Å². The van der Waals surface area contributed by atoms with Gasteiger partial charge in [-0.05, 0) is 34.1 Å². The first kappa shape index (κ1) is 6.73. The Bertz CT molecular complexity index is 356. The monoisotopic (exact) mass is 212 g/mol. The molecule has 1 aromatic carbocycles. The van der Waals surface area contributed by atoms with Gasteiger partial charge in [0.05, 0.1) is 16.1 Å². The number of furan rings is 1. The Balaban J connectivity index is 2.96. The van der Waals surface area contributed by atoms with E-state index in [1.165, 1.54) is 0 Å². The van der Waals surface area contributed by atoms with E-state index >= 15 is 0 Å². The van der Waals surface area contributed by atoms with Crippen LogP contribution in [0, 0.1) is 0 Å². The van der Waals surface area contributed by atoms with Crippen LogP contribution in [0.25, 0.3) is 11.0 Å². The molecule has 2 rings (SSSR count). The molecule has 0 saturated carbocycles. The molecule has 0 fully saturated rings. The highest BCUT2D eigenvalue weighted by Crippen LogP contribution is 2.31. The van der Waals surface area contributed by atoms with Gasteiger partial charge in [-0.2, -0.15) is 0 Å². The molecule has 56 valence electrons. The molecule has 0 spiro atoms. The highest BCUT2D eigenvalue weighted by molar-refractivity contribution is 9.10. The summed E-state index contributed by atoms with van der Waals surface area (Å²) in [5, 5.41) is 10.0. The predicted molar refractivity (Wildman–Crippen MR) is 45.6 cm³/mol. The quantitative estimate of drug-likeness (QED) is 0.729. The molecule has 0 amide bonds. The van der Waals surface area contributed by atoms with E-state index in [0.29, 0.717) is 5.58 Å². The van der Waals surface area contributed by atoms with E-state index in [0.717, 1.165) is 9.86 Å². The molecule has 0 bridgehead atoms. The highest BCUT2D eigenvalue weighted by Gasteiger charge is 2.04. The van der Waals surface area contributed by atoms with Crippen LogP contribution in [0.15, 0.2) is 33.4 Å². The lowest BCUT2D eigenvalue weighted by Crippen LogP contribution is -1.68. The zero-order chi connectivity index (χ0) is 7.84. The Labute approximate surface area is 71.6 Å². The average molecular weight is 213 g/mol. The van der Waals surface area contributed by atoms with Gasteiger partial charge in [-0.3, -0.25) is 0 Å². The van der Waals surface area contributed by atoms with Crippen molar-refractivity contribution in [2.75, 3.05) is 0 Å². The molecular weight excluding hydrogens is 208 g/mol. The zero-order valence-corrected chi connectivity index (χ0v) is 7.13. The summed E-state index contributed by atoms with van der Waals surface area (Å²) in [6, 6.07) is 5.11. The first-order valence-electron chi connectivity index (χ1n) is 3.14. The van der Waals surface area contributed by atoms with Gasteiger partial charge in [-0.25, -0.2) is 0 Å². The van der Waals surface area contributed by atoms with Crippen molar-refractivity contribution in [2.45, 2.75) is 0 Å². The molecule has 11 heavy (non-hydrogen) atoms. The highest BCUT2D eigenvalue weighted by atomic mass is 79.9. The number of benzene rings is 1. The van der Waals surface area contributed by atoms with Gasteiger partial charge in [0.15, 0.2) is 5.58 Å². The molecule has 2 aromatic rings. The fourth-order valence-electron chi connectivity index (χ4n) is 1.01. The van der Waals surface area contributed by atoms with Crippen LogP contribution in [0.3, 0.4) is 0 Å². The maximum atomic E-state index is 9.30. The second-order valence-corrected chi connectivity index (χ2v) is 3.08. The van der Waals surface area contributed by atoms with Crippen molar-refractivity contribution in [3.05, 3.63) is 28.9 Å². The fraction of sp³-hybridized carbons (Fsp3) is 0. The van der Waals surface area contributed by atoms with E-state index in [-0.39, 0.29) is 5.75 Å². The molecule has 0 unspecified atom stereocenters. The van der Waals surface area contributed by atoms with Crippen molar-refractivity contribution in [1.29, 1.82) is 0 Å². The van der Waals surface area contributed by atoms with Gasteiger partial charge in [-0.1, -0.05) is 0 Å². The summed E-state index contributed by atoms with van der Waals surface area (Å²) in [6.45, 7) is 0. The van der Waals surface area contributed by atoms with Gasteiger partial charge in [-0.15, -0.1) is 0 Å². The Hall–Kier alpha value is -0.960. The molecule has 0 saturated heterocycles. The van der Waals surface area contributed by atoms with E-state index < -0.39 is 0 Å². The van der Waals surface area contributed by atoms with E-state index in [2.05, 4.69) is 15.9 Å². The summed E-state index contributed by atoms with van der Waals surface area (Å²) in [5.41, 5.74) is 0.685. The normalized spacial score (nSPS) is 10.6. The zero-order valence-electron chi connectivity index (χ0n) is 5.54. The van der Waals surface area contributed by atoms with Crippen molar-refractivity contribution < 1.29 is 9.52 Å². The summed E-state index contributed by atoms with van der Waals surface area (Å²) in [7, 11) is 0. The molecule has 2 nitrogen and oxygen atoms in total. The van der Waals surface area contributed by atoms with Gasteiger partial charge in [0.2, 0.25) is 0 Å². The van der Waals surface area contributed by atoms with Crippen LogP contribution >= 0.6 is 15.9 Å². The number of phenols is 1. The number of rotatable bonds is 0. The van der Waals surface area contributed by atoms with Gasteiger partial charge in [0.1, 0.15) is 5.75 Å². The number of hydrogen-bond donors (Lipinski definition) is 1. The van der Waals surface area contributed by atoms with Gasteiger partial charge in [0, 0.05) is 0 Å². The second-order valence-electron chi connectivity index (χ2n) is 2.23. The molecule has 1 N–H and O–H groups in total. The van der Waals surface area contributed by atoms with Gasteiger partial charge < -0.3 is 9.52 Å². The minimum atomic E-state index is 0.247. The average Bonchev–Trinajstić information content (AvgIpc) is 2.45. The van der Waals surface area contributed by atoms with Crippen LogP contribution in [-0.4, -0.2) is 5.11 Å². The topological polar surface area (TPSA) is 33.4 Å². The largest absolute Gasteiger partial charge is 0.507 e. The Morgan fingerprint density at radius 3 is 2.82 bits per heavy atom. The summed E-state index contributed by atoms with van der Waals surface area (Å²) in [4.78, 5) is 0. The van der Waals surface area contributed by atoms with Crippen molar-refractivity contribution in [3.63, 3.8) is 0 Å². The van der Waals surface area contributed by atoms with Crippen LogP contribution in [0.2, 0.25) is 0 Å². The van der Waals surface area contributed by atoms with Crippen molar-refractivity contribution in [3.8, 4) is 5.75 Å². The molecule has 1 heterocycles. The number of aromatic hydroxyl groups is 1. The molecular formula is C8H5BrO2. The lowest BCUT2D eigenvalue weighted by Gasteiger charge is -1.94. The van der Waals surface area contributed by atoms with Crippen LogP contribution in [0.5, 0.6) is 5.75 Å². The summed E-state index contributed by atoms with van der Waals surface area (Å²) in [5.74, 6) is 0.247. The molecule has 0 aliphatic rings. The van der Waals surface area contributed by atoms with Crippen molar-refractivity contribution in [2.24, 2.45) is 0 Å². The first-order chi connectivity index (χ1) is 5.29. The predicted octanol–water partition coefficient (Wildman–Crippen LogP) is 2.90. The molecule has 0 atom stereocenters. The standard InChI is InChI=1S/C8H5BrO2/c9-6-1-2-7(10)5-3-4-11-8(5)6/h1-4,10H. The van der Waals surface area contributed by atoms with E-state index in [1.54, 1.807) is 24.5 Å². The molecule has 0 radical (unpaired) electrons. The Morgan fingerprint density at radius 1 is 1.27 bits per heavy atom. The van der Waals surface area contributed by atoms with Crippen molar-refractivity contribution >= 4 is 26.9 Å². The maximum absolute atomic E-state index is 9.30. The lowest BCUT2D eigenvalue weighted by molar-refractivity contribution is 0.481. The van der Waals surface area contributed by atoms with E-state index in [9.17, 15) is 5.11 Å². The maximum Gasteiger partial charge on any atom is 0.151 e. The number of hydrogen-bond acceptors (Lipinski definition) is 2. The Morgan fingerprint density at radius 2 is 2.09 bits per heavy atom. The van der Waals surface area contributed by atoms with Crippen LogP contribution in [0.1, 0.15) is 0 Å². The summed E-state index contributed by atoms with van der Waals surface area (Å²) < 4.78 is 5.98. The molecule has 0 aliphatic heterocycles. The minimum absolute atomic E-state index is 0.247.